The third-order valence-corrected chi connectivity index (χ3v) is 8.71. The van der Waals surface area contributed by atoms with Crippen molar-refractivity contribution in [1.29, 1.82) is 0 Å². The van der Waals surface area contributed by atoms with Crippen molar-refractivity contribution < 1.29 is 14.6 Å². The summed E-state index contributed by atoms with van der Waals surface area (Å²) in [5.74, 6) is 0.0146. The number of hydrogen-bond acceptors (Lipinski definition) is 3. The third-order valence-electron chi connectivity index (χ3n) is 8.71. The molecule has 0 radical (unpaired) electrons. The van der Waals surface area contributed by atoms with Crippen LogP contribution in [0.3, 0.4) is 0 Å². The topological polar surface area (TPSA) is 46.5 Å². The Bertz CT molecular complexity index is 530. The average Bonchev–Trinajstić information content (AvgIpc) is 3.00. The lowest BCUT2D eigenvalue weighted by molar-refractivity contribution is -0.143. The SMILES string of the molecule is CCCCCCCCC=CCCCCCCCCCC(=O)OCCCCCCCCCCCCCCCCCCCO. The predicted molar refractivity (Wildman–Crippen MR) is 185 cm³/mol. The number of allylic oxidation sites excluding steroid dienone is 2. The zero-order chi connectivity index (χ0) is 30.4. The van der Waals surface area contributed by atoms with Crippen molar-refractivity contribution in [1.82, 2.24) is 0 Å². The zero-order valence-electron chi connectivity index (χ0n) is 28.7. The number of hydrogen-bond donors (Lipinski definition) is 1. The van der Waals surface area contributed by atoms with E-state index in [1.165, 1.54) is 186 Å². The number of ether oxygens (including phenoxy) is 1. The number of carbonyl (C=O) groups is 1. The van der Waals surface area contributed by atoms with Crippen LogP contribution in [-0.4, -0.2) is 24.3 Å². The lowest BCUT2D eigenvalue weighted by atomic mass is 10.0. The summed E-state index contributed by atoms with van der Waals surface area (Å²) in [6.45, 7) is 3.26. The van der Waals surface area contributed by atoms with E-state index in [1.807, 2.05) is 0 Å². The molecule has 250 valence electrons. The van der Waals surface area contributed by atoms with Gasteiger partial charge in [-0.15, -0.1) is 0 Å². The maximum Gasteiger partial charge on any atom is 0.305 e. The van der Waals surface area contributed by atoms with E-state index in [2.05, 4.69) is 19.1 Å². The summed E-state index contributed by atoms with van der Waals surface area (Å²) in [4.78, 5) is 11.9. The Morgan fingerprint density at radius 2 is 0.786 bits per heavy atom. The Morgan fingerprint density at radius 1 is 0.452 bits per heavy atom. The molecule has 0 unspecified atom stereocenters. The molecule has 0 aliphatic carbocycles. The number of unbranched alkanes of at least 4 members (excludes halogenated alkanes) is 29. The second-order valence-electron chi connectivity index (χ2n) is 13.0. The van der Waals surface area contributed by atoms with Crippen molar-refractivity contribution in [3.05, 3.63) is 12.2 Å². The molecular formula is C39H76O3. The van der Waals surface area contributed by atoms with Crippen molar-refractivity contribution in [2.75, 3.05) is 13.2 Å². The number of esters is 1. The highest BCUT2D eigenvalue weighted by Gasteiger charge is 2.03. The average molecular weight is 593 g/mol. The molecule has 0 amide bonds. The van der Waals surface area contributed by atoms with Gasteiger partial charge in [-0.1, -0.05) is 180 Å². The highest BCUT2D eigenvalue weighted by molar-refractivity contribution is 5.69. The summed E-state index contributed by atoms with van der Waals surface area (Å²) in [5, 5.41) is 8.79. The van der Waals surface area contributed by atoms with E-state index in [1.54, 1.807) is 0 Å². The molecule has 0 aliphatic heterocycles. The zero-order valence-corrected chi connectivity index (χ0v) is 28.7. The molecular weight excluding hydrogens is 516 g/mol. The Kier molecular flexibility index (Phi) is 37.4. The fourth-order valence-electron chi connectivity index (χ4n) is 5.82. The van der Waals surface area contributed by atoms with Gasteiger partial charge < -0.3 is 9.84 Å². The predicted octanol–water partition coefficient (Wildman–Crippen LogP) is 13.0. The van der Waals surface area contributed by atoms with E-state index in [0.29, 0.717) is 19.6 Å². The molecule has 0 atom stereocenters. The summed E-state index contributed by atoms with van der Waals surface area (Å²) in [6, 6.07) is 0. The van der Waals surface area contributed by atoms with E-state index in [9.17, 15) is 4.79 Å². The summed E-state index contributed by atoms with van der Waals surface area (Å²) in [6.07, 6.45) is 47.2. The smallest absolute Gasteiger partial charge is 0.305 e. The second kappa shape index (κ2) is 38.2. The summed E-state index contributed by atoms with van der Waals surface area (Å²) < 4.78 is 5.45. The van der Waals surface area contributed by atoms with Gasteiger partial charge in [-0.25, -0.2) is 0 Å². The minimum Gasteiger partial charge on any atom is -0.466 e. The quantitative estimate of drug-likeness (QED) is 0.0447. The molecule has 0 fully saturated rings. The van der Waals surface area contributed by atoms with Gasteiger partial charge in [0, 0.05) is 13.0 Å². The van der Waals surface area contributed by atoms with Crippen LogP contribution >= 0.6 is 0 Å². The lowest BCUT2D eigenvalue weighted by Gasteiger charge is -2.06. The molecule has 0 spiro atoms. The van der Waals surface area contributed by atoms with E-state index in [4.69, 9.17) is 9.84 Å². The fraction of sp³-hybridized carbons (Fsp3) is 0.923. The molecule has 0 saturated carbocycles. The van der Waals surface area contributed by atoms with E-state index >= 15 is 0 Å². The molecule has 1 N–H and O–H groups in total. The van der Waals surface area contributed by atoms with Crippen LogP contribution in [-0.2, 0) is 9.53 Å². The van der Waals surface area contributed by atoms with Gasteiger partial charge in [0.2, 0.25) is 0 Å². The Labute approximate surface area is 264 Å². The fourth-order valence-corrected chi connectivity index (χ4v) is 5.82. The van der Waals surface area contributed by atoms with Crippen molar-refractivity contribution in [3.8, 4) is 0 Å². The van der Waals surface area contributed by atoms with Crippen LogP contribution in [0.1, 0.15) is 219 Å². The third kappa shape index (κ3) is 37.2. The molecule has 0 heterocycles. The van der Waals surface area contributed by atoms with Gasteiger partial charge in [0.15, 0.2) is 0 Å². The Balaban J connectivity index is 3.18. The van der Waals surface area contributed by atoms with E-state index < -0.39 is 0 Å². The van der Waals surface area contributed by atoms with Crippen molar-refractivity contribution in [2.45, 2.75) is 219 Å². The monoisotopic (exact) mass is 593 g/mol. The molecule has 0 aromatic carbocycles. The lowest BCUT2D eigenvalue weighted by Crippen LogP contribution is -2.05. The maximum atomic E-state index is 11.9. The van der Waals surface area contributed by atoms with Gasteiger partial charge in [0.05, 0.1) is 6.61 Å². The van der Waals surface area contributed by atoms with Crippen LogP contribution in [0, 0.1) is 0 Å². The molecule has 0 aromatic heterocycles. The van der Waals surface area contributed by atoms with Gasteiger partial charge >= 0.3 is 5.97 Å². The molecule has 0 aliphatic rings. The molecule has 3 nitrogen and oxygen atoms in total. The molecule has 42 heavy (non-hydrogen) atoms. The van der Waals surface area contributed by atoms with Crippen molar-refractivity contribution in [3.63, 3.8) is 0 Å². The highest BCUT2D eigenvalue weighted by Crippen LogP contribution is 2.15. The Morgan fingerprint density at radius 3 is 1.19 bits per heavy atom. The molecule has 0 rings (SSSR count). The summed E-state index contributed by atoms with van der Waals surface area (Å²) in [7, 11) is 0. The van der Waals surface area contributed by atoms with Crippen molar-refractivity contribution in [2.24, 2.45) is 0 Å². The first-order chi connectivity index (χ1) is 20.8. The summed E-state index contributed by atoms with van der Waals surface area (Å²) in [5.41, 5.74) is 0. The largest absolute Gasteiger partial charge is 0.466 e. The van der Waals surface area contributed by atoms with Crippen LogP contribution in [0.25, 0.3) is 0 Å². The second-order valence-corrected chi connectivity index (χ2v) is 13.0. The first kappa shape index (κ1) is 41.2. The van der Waals surface area contributed by atoms with Crippen LogP contribution in [0.15, 0.2) is 12.2 Å². The van der Waals surface area contributed by atoms with Crippen LogP contribution in [0.2, 0.25) is 0 Å². The molecule has 0 aromatic rings. The van der Waals surface area contributed by atoms with E-state index in [-0.39, 0.29) is 5.97 Å². The van der Waals surface area contributed by atoms with Crippen LogP contribution in [0.4, 0.5) is 0 Å². The molecule has 3 heteroatoms. The number of aliphatic hydroxyl groups excluding tert-OH is 1. The van der Waals surface area contributed by atoms with Gasteiger partial charge in [-0.3, -0.25) is 4.79 Å². The maximum absolute atomic E-state index is 11.9. The first-order valence-electron chi connectivity index (χ1n) is 19.2. The van der Waals surface area contributed by atoms with Crippen LogP contribution in [0.5, 0.6) is 0 Å². The Hall–Kier alpha value is -0.830. The minimum atomic E-state index is 0.0146. The summed E-state index contributed by atoms with van der Waals surface area (Å²) >= 11 is 0. The molecule has 0 bridgehead atoms. The minimum absolute atomic E-state index is 0.0146. The number of carbonyl (C=O) groups excluding carboxylic acids is 1. The number of aliphatic hydroxyl groups is 1. The van der Waals surface area contributed by atoms with Gasteiger partial charge in [0.25, 0.3) is 0 Å². The van der Waals surface area contributed by atoms with E-state index in [0.717, 1.165) is 19.3 Å². The number of rotatable bonds is 36. The van der Waals surface area contributed by atoms with Gasteiger partial charge in [0.1, 0.15) is 0 Å². The first-order valence-corrected chi connectivity index (χ1v) is 19.2. The normalized spacial score (nSPS) is 11.6. The molecule has 0 saturated heterocycles. The van der Waals surface area contributed by atoms with Gasteiger partial charge in [-0.05, 0) is 44.9 Å². The van der Waals surface area contributed by atoms with Gasteiger partial charge in [-0.2, -0.15) is 0 Å². The standard InChI is InChI=1S/C39H76O3/c1-2-3-4-5-6-7-8-9-10-12-15-18-21-24-27-30-33-36-39(41)42-38-35-32-29-26-23-20-17-14-11-13-16-19-22-25-28-31-34-37-40/h9-10,40H,2-8,11-38H2,1H3. The van der Waals surface area contributed by atoms with Crippen molar-refractivity contribution >= 4 is 5.97 Å². The van der Waals surface area contributed by atoms with Crippen LogP contribution < -0.4 is 0 Å². The highest BCUT2D eigenvalue weighted by atomic mass is 16.5.